The Labute approximate surface area is 157 Å². The number of rotatable bonds is 11. The van der Waals surface area contributed by atoms with Gasteiger partial charge in [0.05, 0.1) is 12.2 Å². The SMILES string of the molecule is CCOC(=O)c1cccc(OC[C@@H](O)C[NH2+]CCOc2ccccc2F)c1. The van der Waals surface area contributed by atoms with Gasteiger partial charge in [0.2, 0.25) is 0 Å². The lowest BCUT2D eigenvalue weighted by Crippen LogP contribution is -2.87. The highest BCUT2D eigenvalue weighted by Crippen LogP contribution is 2.15. The molecule has 2 aromatic carbocycles. The van der Waals surface area contributed by atoms with Crippen LogP contribution in [0.3, 0.4) is 0 Å². The first-order valence-electron chi connectivity index (χ1n) is 8.87. The number of quaternary nitrogens is 1. The molecule has 0 saturated carbocycles. The molecule has 0 radical (unpaired) electrons. The van der Waals surface area contributed by atoms with Gasteiger partial charge in [0, 0.05) is 0 Å². The number of aliphatic hydroxyl groups excluding tert-OH is 1. The average Bonchev–Trinajstić information content (AvgIpc) is 2.68. The molecule has 27 heavy (non-hydrogen) atoms. The van der Waals surface area contributed by atoms with Gasteiger partial charge in [-0.15, -0.1) is 0 Å². The van der Waals surface area contributed by atoms with Gasteiger partial charge in [0.25, 0.3) is 0 Å². The third-order valence-corrected chi connectivity index (χ3v) is 3.64. The first kappa shape index (κ1) is 20.7. The van der Waals surface area contributed by atoms with Crippen LogP contribution in [0.4, 0.5) is 4.39 Å². The molecule has 1 atom stereocenters. The van der Waals surface area contributed by atoms with Crippen LogP contribution in [-0.4, -0.2) is 50.1 Å². The molecule has 7 heteroatoms. The largest absolute Gasteiger partial charge is 0.491 e. The number of carbonyl (C=O) groups is 1. The van der Waals surface area contributed by atoms with Gasteiger partial charge in [-0.05, 0) is 37.3 Å². The van der Waals surface area contributed by atoms with Gasteiger partial charge in [0.1, 0.15) is 38.2 Å². The van der Waals surface area contributed by atoms with Crippen LogP contribution < -0.4 is 14.8 Å². The number of carbonyl (C=O) groups excluding carboxylic acids is 1. The summed E-state index contributed by atoms with van der Waals surface area (Å²) in [5.74, 6) is -0.0959. The van der Waals surface area contributed by atoms with E-state index in [1.807, 2.05) is 5.32 Å². The number of hydrogen-bond acceptors (Lipinski definition) is 5. The van der Waals surface area contributed by atoms with Crippen molar-refractivity contribution in [2.45, 2.75) is 13.0 Å². The second-order valence-corrected chi connectivity index (χ2v) is 5.81. The summed E-state index contributed by atoms with van der Waals surface area (Å²) in [6.07, 6.45) is -0.690. The van der Waals surface area contributed by atoms with Crippen LogP contribution in [0, 0.1) is 5.82 Å². The van der Waals surface area contributed by atoms with E-state index < -0.39 is 17.9 Å². The number of para-hydroxylation sites is 1. The molecule has 2 aromatic rings. The third kappa shape index (κ3) is 7.24. The minimum absolute atomic E-state index is 0.0942. The molecule has 0 saturated heterocycles. The molecule has 0 aliphatic carbocycles. The minimum atomic E-state index is -0.690. The number of hydrogen-bond donors (Lipinski definition) is 2. The van der Waals surface area contributed by atoms with E-state index in [2.05, 4.69) is 0 Å². The highest BCUT2D eigenvalue weighted by molar-refractivity contribution is 5.89. The molecule has 0 heterocycles. The Kier molecular flexibility index (Phi) is 8.54. The molecule has 2 rings (SSSR count). The molecular formula is C20H25FNO5+. The van der Waals surface area contributed by atoms with E-state index in [1.54, 1.807) is 49.4 Å². The Morgan fingerprint density at radius 2 is 2.00 bits per heavy atom. The van der Waals surface area contributed by atoms with Crippen molar-refractivity contribution < 1.29 is 33.8 Å². The van der Waals surface area contributed by atoms with Crippen molar-refractivity contribution in [2.24, 2.45) is 0 Å². The molecule has 0 aromatic heterocycles. The average molecular weight is 378 g/mol. The maximum Gasteiger partial charge on any atom is 0.338 e. The summed E-state index contributed by atoms with van der Waals surface area (Å²) in [6.45, 7) is 3.46. The van der Waals surface area contributed by atoms with Gasteiger partial charge in [-0.3, -0.25) is 0 Å². The summed E-state index contributed by atoms with van der Waals surface area (Å²) in [5, 5.41) is 11.8. The summed E-state index contributed by atoms with van der Waals surface area (Å²) < 4.78 is 29.2. The predicted molar refractivity (Wildman–Crippen MR) is 97.5 cm³/mol. The molecule has 3 N–H and O–H groups in total. The minimum Gasteiger partial charge on any atom is -0.491 e. The first-order valence-corrected chi connectivity index (χ1v) is 8.87. The van der Waals surface area contributed by atoms with Crippen LogP contribution in [0.2, 0.25) is 0 Å². The smallest absolute Gasteiger partial charge is 0.338 e. The second kappa shape index (κ2) is 11.2. The van der Waals surface area contributed by atoms with Crippen LogP contribution in [0.1, 0.15) is 17.3 Å². The van der Waals surface area contributed by atoms with Crippen LogP contribution in [0.15, 0.2) is 48.5 Å². The zero-order valence-corrected chi connectivity index (χ0v) is 15.3. The molecule has 0 aliphatic heterocycles. The van der Waals surface area contributed by atoms with Crippen molar-refractivity contribution in [1.82, 2.24) is 0 Å². The van der Waals surface area contributed by atoms with E-state index in [0.717, 1.165) is 0 Å². The van der Waals surface area contributed by atoms with E-state index in [1.165, 1.54) is 6.07 Å². The standard InChI is InChI=1S/C20H24FNO5/c1-2-25-20(24)15-6-5-7-17(12-15)27-14-16(23)13-22-10-11-26-19-9-4-3-8-18(19)21/h3-9,12,16,22-23H,2,10-11,13-14H2,1H3/p+1/t16-/m0/s1. The Balaban J connectivity index is 1.65. The van der Waals surface area contributed by atoms with Gasteiger partial charge >= 0.3 is 5.97 Å². The van der Waals surface area contributed by atoms with Crippen LogP contribution in [-0.2, 0) is 4.74 Å². The quantitative estimate of drug-likeness (QED) is 0.456. The third-order valence-electron chi connectivity index (χ3n) is 3.64. The van der Waals surface area contributed by atoms with Crippen molar-refractivity contribution in [3.8, 4) is 11.5 Å². The van der Waals surface area contributed by atoms with Crippen molar-refractivity contribution in [3.05, 3.63) is 59.9 Å². The number of aliphatic hydroxyl groups is 1. The van der Waals surface area contributed by atoms with Crippen LogP contribution in [0.5, 0.6) is 11.5 Å². The summed E-state index contributed by atoms with van der Waals surface area (Å²) in [6, 6.07) is 12.9. The van der Waals surface area contributed by atoms with Crippen molar-refractivity contribution in [2.75, 3.05) is 32.9 Å². The van der Waals surface area contributed by atoms with Gasteiger partial charge < -0.3 is 24.6 Å². The maximum absolute atomic E-state index is 13.4. The van der Waals surface area contributed by atoms with Crippen LogP contribution >= 0.6 is 0 Å². The van der Waals surface area contributed by atoms with Crippen molar-refractivity contribution in [1.29, 1.82) is 0 Å². The molecular weight excluding hydrogens is 353 g/mol. The number of halogens is 1. The molecule has 6 nitrogen and oxygen atoms in total. The zero-order chi connectivity index (χ0) is 19.5. The fourth-order valence-electron chi connectivity index (χ4n) is 2.31. The topological polar surface area (TPSA) is 81.6 Å². The van der Waals surface area contributed by atoms with E-state index in [4.69, 9.17) is 14.2 Å². The van der Waals surface area contributed by atoms with E-state index in [9.17, 15) is 14.3 Å². The fourth-order valence-corrected chi connectivity index (χ4v) is 2.31. The zero-order valence-electron chi connectivity index (χ0n) is 15.3. The maximum atomic E-state index is 13.4. The highest BCUT2D eigenvalue weighted by Gasteiger charge is 2.10. The number of ether oxygens (including phenoxy) is 3. The van der Waals surface area contributed by atoms with Gasteiger partial charge in [-0.25, -0.2) is 9.18 Å². The predicted octanol–water partition coefficient (Wildman–Crippen LogP) is 1.38. The highest BCUT2D eigenvalue weighted by atomic mass is 19.1. The molecule has 0 spiro atoms. The Morgan fingerprint density at radius 1 is 1.19 bits per heavy atom. The van der Waals surface area contributed by atoms with E-state index in [0.29, 0.717) is 37.6 Å². The molecule has 146 valence electrons. The summed E-state index contributed by atoms with van der Waals surface area (Å²) in [5.41, 5.74) is 0.403. The summed E-state index contributed by atoms with van der Waals surface area (Å²) in [7, 11) is 0. The normalized spacial score (nSPS) is 11.7. The van der Waals surface area contributed by atoms with E-state index in [-0.39, 0.29) is 12.4 Å². The fraction of sp³-hybridized carbons (Fsp3) is 0.350. The molecule has 0 amide bonds. The second-order valence-electron chi connectivity index (χ2n) is 5.81. The van der Waals surface area contributed by atoms with Crippen molar-refractivity contribution >= 4 is 5.97 Å². The van der Waals surface area contributed by atoms with Gasteiger partial charge in [-0.1, -0.05) is 18.2 Å². The van der Waals surface area contributed by atoms with E-state index >= 15 is 0 Å². The van der Waals surface area contributed by atoms with Gasteiger partial charge in [0.15, 0.2) is 11.6 Å². The molecule has 0 aliphatic rings. The lowest BCUT2D eigenvalue weighted by molar-refractivity contribution is -0.661. The summed E-state index contributed by atoms with van der Waals surface area (Å²) in [4.78, 5) is 11.7. The Bertz CT molecular complexity index is 725. The number of esters is 1. The lowest BCUT2D eigenvalue weighted by Gasteiger charge is -2.12. The lowest BCUT2D eigenvalue weighted by atomic mass is 10.2. The van der Waals surface area contributed by atoms with Crippen molar-refractivity contribution in [3.63, 3.8) is 0 Å². The molecule has 0 bridgehead atoms. The number of benzene rings is 2. The summed E-state index contributed by atoms with van der Waals surface area (Å²) >= 11 is 0. The monoisotopic (exact) mass is 378 g/mol. The Hall–Kier alpha value is -2.64. The molecule has 0 fully saturated rings. The Morgan fingerprint density at radius 3 is 2.78 bits per heavy atom. The van der Waals surface area contributed by atoms with Crippen LogP contribution in [0.25, 0.3) is 0 Å². The first-order chi connectivity index (χ1) is 13.1. The van der Waals surface area contributed by atoms with Gasteiger partial charge in [-0.2, -0.15) is 0 Å². The molecule has 0 unspecified atom stereocenters. The number of nitrogens with two attached hydrogens (primary N) is 1.